The molecule has 27 heavy (non-hydrogen) atoms. The first kappa shape index (κ1) is 21.1. The molecular weight excluding hydrogens is 388 g/mol. The van der Waals surface area contributed by atoms with Gasteiger partial charge in [-0.05, 0) is 51.1 Å². The zero-order valence-corrected chi connectivity index (χ0v) is 17.1. The number of amides is 1. The lowest BCUT2D eigenvalue weighted by molar-refractivity contribution is 0.101. The van der Waals surface area contributed by atoms with Gasteiger partial charge in [0.1, 0.15) is 0 Å². The smallest absolute Gasteiger partial charge is 0.257 e. The van der Waals surface area contributed by atoms with Gasteiger partial charge in [0.2, 0.25) is 10.0 Å². The van der Waals surface area contributed by atoms with Gasteiger partial charge in [0.25, 0.3) is 5.91 Å². The van der Waals surface area contributed by atoms with E-state index in [2.05, 4.69) is 5.32 Å². The molecule has 0 unspecified atom stereocenters. The lowest BCUT2D eigenvalue weighted by atomic mass is 10.1. The molecule has 1 N–H and O–H groups in total. The van der Waals surface area contributed by atoms with E-state index in [1.165, 1.54) is 36.5 Å². The zero-order chi connectivity index (χ0) is 20.4. The van der Waals surface area contributed by atoms with E-state index in [0.29, 0.717) is 11.3 Å². The fourth-order valence-electron chi connectivity index (χ4n) is 2.30. The van der Waals surface area contributed by atoms with E-state index in [0.717, 1.165) is 0 Å². The quantitative estimate of drug-likeness (QED) is 0.736. The molecule has 0 atom stereocenters. The molecule has 2 aromatic carbocycles. The average Bonchev–Trinajstić information content (AvgIpc) is 2.61. The van der Waals surface area contributed by atoms with Gasteiger partial charge in [-0.25, -0.2) is 8.42 Å². The molecule has 0 aliphatic heterocycles. The number of sulfonamides is 1. The molecule has 0 heterocycles. The lowest BCUT2D eigenvalue weighted by Gasteiger charge is -2.21. The van der Waals surface area contributed by atoms with Crippen LogP contribution in [0.5, 0.6) is 0 Å². The second-order valence-electron chi connectivity index (χ2n) is 6.35. The van der Waals surface area contributed by atoms with Crippen molar-refractivity contribution in [3.05, 3.63) is 58.6 Å². The van der Waals surface area contributed by atoms with Crippen LogP contribution in [0.1, 0.15) is 41.5 Å². The van der Waals surface area contributed by atoms with Crippen molar-refractivity contribution in [1.29, 1.82) is 0 Å². The summed E-state index contributed by atoms with van der Waals surface area (Å²) in [6.07, 6.45) is 0. The topological polar surface area (TPSA) is 83.5 Å². The summed E-state index contributed by atoms with van der Waals surface area (Å²) in [7, 11) is -2.28. The molecule has 0 fully saturated rings. The minimum atomic E-state index is -3.75. The number of rotatable bonds is 6. The maximum absolute atomic E-state index is 12.7. The summed E-state index contributed by atoms with van der Waals surface area (Å²) in [6.45, 7) is 4.93. The Hall–Kier alpha value is -2.22. The predicted molar refractivity (Wildman–Crippen MR) is 106 cm³/mol. The Labute approximate surface area is 164 Å². The van der Waals surface area contributed by atoms with Crippen molar-refractivity contribution in [3.63, 3.8) is 0 Å². The van der Waals surface area contributed by atoms with Gasteiger partial charge in [0.15, 0.2) is 5.78 Å². The molecule has 6 nitrogen and oxygen atoms in total. The third kappa shape index (κ3) is 4.74. The van der Waals surface area contributed by atoms with E-state index >= 15 is 0 Å². The largest absolute Gasteiger partial charge is 0.322 e. The molecule has 0 spiro atoms. The Bertz CT molecular complexity index is 987. The van der Waals surface area contributed by atoms with Crippen LogP contribution in [0.4, 0.5) is 5.69 Å². The molecule has 0 saturated heterocycles. The number of nitrogens with zero attached hydrogens (tertiary/aromatic N) is 1. The molecule has 2 aromatic rings. The maximum Gasteiger partial charge on any atom is 0.257 e. The molecule has 2 rings (SSSR count). The van der Waals surface area contributed by atoms with Crippen molar-refractivity contribution < 1.29 is 18.0 Å². The molecule has 0 radical (unpaired) electrons. The highest BCUT2D eigenvalue weighted by molar-refractivity contribution is 7.89. The minimum Gasteiger partial charge on any atom is -0.322 e. The number of hydrogen-bond acceptors (Lipinski definition) is 4. The van der Waals surface area contributed by atoms with Gasteiger partial charge in [-0.1, -0.05) is 23.7 Å². The molecule has 0 saturated carbocycles. The summed E-state index contributed by atoms with van der Waals surface area (Å²) in [5, 5.41) is 2.77. The second-order valence-corrected chi connectivity index (χ2v) is 8.75. The Morgan fingerprint density at radius 3 is 2.37 bits per heavy atom. The van der Waals surface area contributed by atoms with E-state index in [-0.39, 0.29) is 27.3 Å². The van der Waals surface area contributed by atoms with Crippen LogP contribution in [0.3, 0.4) is 0 Å². The van der Waals surface area contributed by atoms with Crippen molar-refractivity contribution in [2.75, 3.05) is 12.4 Å². The number of halogens is 1. The maximum atomic E-state index is 12.7. The van der Waals surface area contributed by atoms with Gasteiger partial charge in [-0.2, -0.15) is 4.31 Å². The van der Waals surface area contributed by atoms with Crippen LogP contribution in [0.15, 0.2) is 47.4 Å². The van der Waals surface area contributed by atoms with Crippen molar-refractivity contribution in [2.24, 2.45) is 0 Å². The van der Waals surface area contributed by atoms with E-state index in [1.54, 1.807) is 38.1 Å². The third-order valence-electron chi connectivity index (χ3n) is 4.11. The summed E-state index contributed by atoms with van der Waals surface area (Å²) < 4.78 is 26.5. The van der Waals surface area contributed by atoms with Crippen molar-refractivity contribution in [3.8, 4) is 0 Å². The van der Waals surface area contributed by atoms with Gasteiger partial charge >= 0.3 is 0 Å². The first-order chi connectivity index (χ1) is 12.5. The van der Waals surface area contributed by atoms with Crippen LogP contribution in [-0.2, 0) is 10.0 Å². The fraction of sp³-hybridized carbons (Fsp3) is 0.263. The van der Waals surface area contributed by atoms with Crippen LogP contribution in [-0.4, -0.2) is 37.5 Å². The Balaban J connectivity index is 2.37. The monoisotopic (exact) mass is 408 g/mol. The summed E-state index contributed by atoms with van der Waals surface area (Å²) >= 11 is 6.11. The first-order valence-corrected chi connectivity index (χ1v) is 10.1. The highest BCUT2D eigenvalue weighted by atomic mass is 35.5. The molecule has 144 valence electrons. The molecule has 0 aromatic heterocycles. The number of nitrogens with one attached hydrogen (secondary N) is 1. The van der Waals surface area contributed by atoms with Gasteiger partial charge in [0, 0.05) is 24.3 Å². The van der Waals surface area contributed by atoms with Crippen LogP contribution in [0.2, 0.25) is 5.02 Å². The predicted octanol–water partition coefficient (Wildman–Crippen LogP) is 3.82. The number of carbonyl (C=O) groups excluding carboxylic acids is 2. The van der Waals surface area contributed by atoms with Crippen LogP contribution >= 0.6 is 11.6 Å². The van der Waals surface area contributed by atoms with Crippen molar-refractivity contribution in [1.82, 2.24) is 4.31 Å². The van der Waals surface area contributed by atoms with E-state index < -0.39 is 15.9 Å². The van der Waals surface area contributed by atoms with Crippen LogP contribution < -0.4 is 5.32 Å². The summed E-state index contributed by atoms with van der Waals surface area (Å²) in [6, 6.07) is 10.2. The SMILES string of the molecule is CC(=O)c1cccc(NC(=O)c2cc(S(=O)(=O)N(C)C(C)C)ccc2Cl)c1. The standard InChI is InChI=1S/C19H21ClN2O4S/c1-12(2)22(4)27(25,26)16-8-9-18(20)17(11-16)19(24)21-15-7-5-6-14(10-15)13(3)23/h5-12H,1-4H3,(H,21,24). The van der Waals surface area contributed by atoms with E-state index in [4.69, 9.17) is 11.6 Å². The molecule has 8 heteroatoms. The van der Waals surface area contributed by atoms with Crippen molar-refractivity contribution >= 4 is 39.0 Å². The zero-order valence-electron chi connectivity index (χ0n) is 15.5. The summed E-state index contributed by atoms with van der Waals surface area (Å²) in [5.74, 6) is -0.695. The lowest BCUT2D eigenvalue weighted by Crippen LogP contribution is -2.33. The van der Waals surface area contributed by atoms with E-state index in [1.807, 2.05) is 0 Å². The van der Waals surface area contributed by atoms with Gasteiger partial charge < -0.3 is 5.32 Å². The Kier molecular flexibility index (Phi) is 6.41. The van der Waals surface area contributed by atoms with Crippen molar-refractivity contribution in [2.45, 2.75) is 31.7 Å². The molecule has 1 amide bonds. The number of Topliss-reactive ketones (excluding diaryl/α,β-unsaturated/α-hetero) is 1. The molecule has 0 aliphatic carbocycles. The third-order valence-corrected chi connectivity index (χ3v) is 6.47. The Morgan fingerprint density at radius 1 is 1.11 bits per heavy atom. The fourth-order valence-corrected chi connectivity index (χ4v) is 3.89. The highest BCUT2D eigenvalue weighted by Gasteiger charge is 2.25. The number of ketones is 1. The van der Waals surface area contributed by atoms with Crippen LogP contribution in [0.25, 0.3) is 0 Å². The first-order valence-electron chi connectivity index (χ1n) is 8.24. The van der Waals surface area contributed by atoms with Gasteiger partial charge in [-0.15, -0.1) is 0 Å². The highest BCUT2D eigenvalue weighted by Crippen LogP contribution is 2.24. The number of hydrogen-bond donors (Lipinski definition) is 1. The minimum absolute atomic E-state index is 0.0225. The van der Waals surface area contributed by atoms with Gasteiger partial charge in [-0.3, -0.25) is 9.59 Å². The molecule has 0 aliphatic rings. The number of benzene rings is 2. The summed E-state index contributed by atoms with van der Waals surface area (Å²) in [5.41, 5.74) is 0.897. The average molecular weight is 409 g/mol. The second kappa shape index (κ2) is 8.21. The molecule has 0 bridgehead atoms. The van der Waals surface area contributed by atoms with Crippen LogP contribution in [0, 0.1) is 0 Å². The van der Waals surface area contributed by atoms with E-state index in [9.17, 15) is 18.0 Å². The summed E-state index contributed by atoms with van der Waals surface area (Å²) in [4.78, 5) is 24.1. The van der Waals surface area contributed by atoms with Gasteiger partial charge in [0.05, 0.1) is 15.5 Å². The normalized spacial score (nSPS) is 11.7. The Morgan fingerprint density at radius 2 is 1.78 bits per heavy atom. The number of carbonyl (C=O) groups is 2. The molecular formula is C19H21ClN2O4S. The number of anilines is 1.